The van der Waals surface area contributed by atoms with Gasteiger partial charge < -0.3 is 15.2 Å². The molecule has 0 amide bonds. The molecule has 0 fully saturated rings. The minimum atomic E-state index is -0.550. The first-order valence-electron chi connectivity index (χ1n) is 7.22. The van der Waals surface area contributed by atoms with E-state index >= 15 is 0 Å². The number of nitrogens with one attached hydrogen (secondary N) is 1. The van der Waals surface area contributed by atoms with E-state index in [0.717, 1.165) is 22.6 Å². The van der Waals surface area contributed by atoms with Gasteiger partial charge in [0.05, 0.1) is 0 Å². The molecule has 0 aromatic heterocycles. The monoisotopic (exact) mass is 285 g/mol. The van der Waals surface area contributed by atoms with E-state index in [1.807, 2.05) is 51.1 Å². The van der Waals surface area contributed by atoms with Gasteiger partial charge in [0, 0.05) is 12.2 Å². The van der Waals surface area contributed by atoms with Crippen molar-refractivity contribution in [2.75, 3.05) is 18.5 Å². The molecule has 3 nitrogen and oxygen atoms in total. The maximum absolute atomic E-state index is 9.99. The number of benzene rings is 2. The summed E-state index contributed by atoms with van der Waals surface area (Å²) in [5.41, 5.74) is 4.54. The predicted molar refractivity (Wildman–Crippen MR) is 87.1 cm³/mol. The van der Waals surface area contributed by atoms with Gasteiger partial charge in [-0.1, -0.05) is 18.2 Å². The number of anilines is 1. The van der Waals surface area contributed by atoms with Gasteiger partial charge in [-0.2, -0.15) is 0 Å². The van der Waals surface area contributed by atoms with Crippen LogP contribution in [0.1, 0.15) is 16.7 Å². The predicted octanol–water partition coefficient (Wildman–Crippen LogP) is 3.46. The number of aryl methyl sites for hydroxylation is 3. The van der Waals surface area contributed by atoms with Crippen LogP contribution in [0.5, 0.6) is 5.75 Å². The molecule has 0 heterocycles. The Bertz CT molecular complexity index is 575. The van der Waals surface area contributed by atoms with Crippen molar-refractivity contribution in [3.63, 3.8) is 0 Å². The SMILES string of the molecule is Cc1cccc(NCC(O)COc2cc(C)cc(C)c2)c1. The van der Waals surface area contributed by atoms with Crippen molar-refractivity contribution < 1.29 is 9.84 Å². The van der Waals surface area contributed by atoms with Gasteiger partial charge in [-0.15, -0.1) is 0 Å². The van der Waals surface area contributed by atoms with Crippen molar-refractivity contribution in [1.29, 1.82) is 0 Å². The fourth-order valence-corrected chi connectivity index (χ4v) is 2.26. The van der Waals surface area contributed by atoms with E-state index in [1.54, 1.807) is 0 Å². The Morgan fingerprint density at radius 2 is 1.71 bits per heavy atom. The van der Waals surface area contributed by atoms with Crippen molar-refractivity contribution in [2.24, 2.45) is 0 Å². The summed E-state index contributed by atoms with van der Waals surface area (Å²) in [6.07, 6.45) is -0.550. The number of aliphatic hydroxyl groups excluding tert-OH is 1. The topological polar surface area (TPSA) is 41.5 Å². The van der Waals surface area contributed by atoms with Gasteiger partial charge in [-0.3, -0.25) is 0 Å². The van der Waals surface area contributed by atoms with Gasteiger partial charge in [0.15, 0.2) is 0 Å². The van der Waals surface area contributed by atoms with Gasteiger partial charge >= 0.3 is 0 Å². The summed E-state index contributed by atoms with van der Waals surface area (Å²) in [4.78, 5) is 0. The van der Waals surface area contributed by atoms with E-state index in [4.69, 9.17) is 4.74 Å². The third kappa shape index (κ3) is 5.12. The minimum Gasteiger partial charge on any atom is -0.491 e. The van der Waals surface area contributed by atoms with Crippen LogP contribution >= 0.6 is 0 Å². The molecule has 112 valence electrons. The highest BCUT2D eigenvalue weighted by Gasteiger charge is 2.06. The van der Waals surface area contributed by atoms with Crippen molar-refractivity contribution in [3.05, 3.63) is 59.2 Å². The summed E-state index contributed by atoms with van der Waals surface area (Å²) in [6.45, 7) is 6.87. The number of ether oxygens (including phenoxy) is 1. The molecule has 0 radical (unpaired) electrons. The molecule has 3 heteroatoms. The molecule has 1 unspecified atom stereocenters. The minimum absolute atomic E-state index is 0.279. The molecular formula is C18H23NO2. The van der Waals surface area contributed by atoms with Crippen LogP contribution in [0.25, 0.3) is 0 Å². The van der Waals surface area contributed by atoms with Crippen LogP contribution in [0.2, 0.25) is 0 Å². The lowest BCUT2D eigenvalue weighted by atomic mass is 10.1. The van der Waals surface area contributed by atoms with Crippen LogP contribution in [-0.2, 0) is 0 Å². The lowest BCUT2D eigenvalue weighted by molar-refractivity contribution is 0.117. The molecule has 21 heavy (non-hydrogen) atoms. The van der Waals surface area contributed by atoms with Crippen LogP contribution in [0.3, 0.4) is 0 Å². The van der Waals surface area contributed by atoms with Crippen LogP contribution < -0.4 is 10.1 Å². The number of rotatable bonds is 6. The van der Waals surface area contributed by atoms with Crippen molar-refractivity contribution >= 4 is 5.69 Å². The first-order chi connectivity index (χ1) is 10.0. The quantitative estimate of drug-likeness (QED) is 0.854. The second kappa shape index (κ2) is 7.14. The van der Waals surface area contributed by atoms with Crippen molar-refractivity contribution in [3.8, 4) is 5.75 Å². The Morgan fingerprint density at radius 1 is 1.00 bits per heavy atom. The zero-order valence-corrected chi connectivity index (χ0v) is 12.9. The summed E-state index contributed by atoms with van der Waals surface area (Å²) in [5, 5.41) is 13.2. The van der Waals surface area contributed by atoms with E-state index in [9.17, 15) is 5.11 Å². The molecular weight excluding hydrogens is 262 g/mol. The van der Waals surface area contributed by atoms with E-state index in [0.29, 0.717) is 6.54 Å². The third-order valence-corrected chi connectivity index (χ3v) is 3.20. The first-order valence-corrected chi connectivity index (χ1v) is 7.22. The summed E-state index contributed by atoms with van der Waals surface area (Å²) >= 11 is 0. The average Bonchev–Trinajstić information content (AvgIpc) is 2.42. The number of hydrogen-bond donors (Lipinski definition) is 2. The molecule has 0 saturated carbocycles. The van der Waals surface area contributed by atoms with E-state index < -0.39 is 6.10 Å². The van der Waals surface area contributed by atoms with Crippen molar-refractivity contribution in [2.45, 2.75) is 26.9 Å². The maximum atomic E-state index is 9.99. The zero-order valence-electron chi connectivity index (χ0n) is 12.9. The first kappa shape index (κ1) is 15.4. The summed E-state index contributed by atoms with van der Waals surface area (Å²) in [7, 11) is 0. The molecule has 0 aliphatic carbocycles. The molecule has 2 aromatic rings. The molecule has 0 aliphatic rings. The lowest BCUT2D eigenvalue weighted by Crippen LogP contribution is -2.26. The van der Waals surface area contributed by atoms with Crippen LogP contribution in [-0.4, -0.2) is 24.4 Å². The molecule has 2 rings (SSSR count). The molecule has 0 aliphatic heterocycles. The fraction of sp³-hybridized carbons (Fsp3) is 0.333. The van der Waals surface area contributed by atoms with Crippen molar-refractivity contribution in [1.82, 2.24) is 0 Å². The van der Waals surface area contributed by atoms with Crippen LogP contribution in [0.15, 0.2) is 42.5 Å². The largest absolute Gasteiger partial charge is 0.491 e. The standard InChI is InChI=1S/C18H23NO2/c1-13-5-4-6-16(8-13)19-11-17(20)12-21-18-9-14(2)7-15(3)10-18/h4-10,17,19-20H,11-12H2,1-3H3. The summed E-state index contributed by atoms with van der Waals surface area (Å²) in [6, 6.07) is 14.1. The lowest BCUT2D eigenvalue weighted by Gasteiger charge is -2.15. The second-order valence-electron chi connectivity index (χ2n) is 5.54. The summed E-state index contributed by atoms with van der Waals surface area (Å²) < 4.78 is 5.65. The van der Waals surface area contributed by atoms with Gasteiger partial charge in [0.2, 0.25) is 0 Å². The van der Waals surface area contributed by atoms with E-state index in [1.165, 1.54) is 5.56 Å². The molecule has 0 bridgehead atoms. The Kier molecular flexibility index (Phi) is 5.23. The smallest absolute Gasteiger partial charge is 0.119 e. The third-order valence-electron chi connectivity index (χ3n) is 3.20. The summed E-state index contributed by atoms with van der Waals surface area (Å²) in [5.74, 6) is 0.808. The van der Waals surface area contributed by atoms with Gasteiger partial charge in [0.1, 0.15) is 18.5 Å². The molecule has 0 saturated heterocycles. The van der Waals surface area contributed by atoms with Crippen LogP contribution in [0.4, 0.5) is 5.69 Å². The Morgan fingerprint density at radius 3 is 2.38 bits per heavy atom. The number of aliphatic hydroxyl groups is 1. The highest BCUT2D eigenvalue weighted by atomic mass is 16.5. The average molecular weight is 285 g/mol. The molecule has 2 aromatic carbocycles. The molecule has 0 spiro atoms. The normalized spacial score (nSPS) is 12.0. The van der Waals surface area contributed by atoms with E-state index in [2.05, 4.69) is 17.4 Å². The van der Waals surface area contributed by atoms with Gasteiger partial charge in [-0.25, -0.2) is 0 Å². The Labute approximate surface area is 126 Å². The second-order valence-corrected chi connectivity index (χ2v) is 5.54. The molecule has 2 N–H and O–H groups in total. The highest BCUT2D eigenvalue weighted by molar-refractivity contribution is 5.45. The highest BCUT2D eigenvalue weighted by Crippen LogP contribution is 2.16. The Hall–Kier alpha value is -2.00. The molecule has 1 atom stereocenters. The van der Waals surface area contributed by atoms with Gasteiger partial charge in [-0.05, 0) is 61.7 Å². The Balaban J connectivity index is 1.80. The van der Waals surface area contributed by atoms with E-state index in [-0.39, 0.29) is 6.61 Å². The van der Waals surface area contributed by atoms with Crippen LogP contribution in [0, 0.1) is 20.8 Å². The van der Waals surface area contributed by atoms with Gasteiger partial charge in [0.25, 0.3) is 0 Å². The fourth-order valence-electron chi connectivity index (χ4n) is 2.26. The maximum Gasteiger partial charge on any atom is 0.119 e. The zero-order chi connectivity index (χ0) is 15.2. The number of hydrogen-bond acceptors (Lipinski definition) is 3.